The predicted molar refractivity (Wildman–Crippen MR) is 114 cm³/mol. The smallest absolute Gasteiger partial charge is 0.273 e. The standard InChI is InChI=1S/C21H26N6O3/c1-2-5-27(30-7-6-28)21(29)16-8-15-4-3-14(9-18(15)26-19(23)10-16)17-12-24-20(11-22)25-13-17/h3-4,8-9,12-13,28H,2,5-7,10-11,22H2,1H3,(H2,23,26). The molecule has 0 fully saturated rings. The second kappa shape index (κ2) is 10.1. The summed E-state index contributed by atoms with van der Waals surface area (Å²) in [6, 6.07) is 5.69. The molecule has 0 saturated carbocycles. The van der Waals surface area contributed by atoms with Crippen LogP contribution < -0.4 is 11.5 Å². The zero-order chi connectivity index (χ0) is 21.5. The average Bonchev–Trinajstić information content (AvgIpc) is 2.93. The van der Waals surface area contributed by atoms with Crippen molar-refractivity contribution < 1.29 is 14.7 Å². The highest BCUT2D eigenvalue weighted by Gasteiger charge is 2.22. The number of aliphatic imine (C=N–C) groups is 1. The van der Waals surface area contributed by atoms with Gasteiger partial charge in [0.25, 0.3) is 5.91 Å². The number of amidine groups is 1. The molecule has 2 aromatic rings. The molecule has 9 nitrogen and oxygen atoms in total. The van der Waals surface area contributed by atoms with Gasteiger partial charge in [0.15, 0.2) is 0 Å². The summed E-state index contributed by atoms with van der Waals surface area (Å²) in [5.74, 6) is 0.617. The number of nitrogens with two attached hydrogens (primary N) is 2. The Morgan fingerprint density at radius 2 is 2.03 bits per heavy atom. The third kappa shape index (κ3) is 5.07. The largest absolute Gasteiger partial charge is 0.394 e. The molecule has 0 aliphatic carbocycles. The van der Waals surface area contributed by atoms with E-state index in [0.29, 0.717) is 29.5 Å². The highest BCUT2D eigenvalue weighted by atomic mass is 16.7. The highest BCUT2D eigenvalue weighted by Crippen LogP contribution is 2.31. The van der Waals surface area contributed by atoms with E-state index in [-0.39, 0.29) is 32.1 Å². The van der Waals surface area contributed by atoms with Crippen molar-refractivity contribution in [1.29, 1.82) is 0 Å². The minimum atomic E-state index is -0.286. The minimum absolute atomic E-state index is 0.0492. The van der Waals surface area contributed by atoms with Gasteiger partial charge in [-0.1, -0.05) is 19.1 Å². The van der Waals surface area contributed by atoms with Crippen molar-refractivity contribution in [2.24, 2.45) is 16.5 Å². The SMILES string of the molecule is CCCN(OCCO)C(=O)C1=Cc2ccc(-c3cnc(CN)nc3)cc2N=C(N)C1. The molecule has 1 aromatic carbocycles. The van der Waals surface area contributed by atoms with Crippen LogP contribution in [-0.4, -0.2) is 51.6 Å². The van der Waals surface area contributed by atoms with E-state index in [9.17, 15) is 4.79 Å². The summed E-state index contributed by atoms with van der Waals surface area (Å²) in [7, 11) is 0. The van der Waals surface area contributed by atoms with Gasteiger partial charge < -0.3 is 16.6 Å². The average molecular weight is 410 g/mol. The lowest BCUT2D eigenvalue weighted by Gasteiger charge is -2.22. The molecule has 0 atom stereocenters. The lowest BCUT2D eigenvalue weighted by Crippen LogP contribution is -2.35. The van der Waals surface area contributed by atoms with Crippen LogP contribution >= 0.6 is 0 Å². The maximum absolute atomic E-state index is 13.0. The number of nitrogens with zero attached hydrogens (tertiary/aromatic N) is 4. The molecule has 158 valence electrons. The topological polar surface area (TPSA) is 140 Å². The second-order valence-corrected chi connectivity index (χ2v) is 6.78. The van der Waals surface area contributed by atoms with E-state index < -0.39 is 0 Å². The zero-order valence-corrected chi connectivity index (χ0v) is 16.9. The molecule has 1 amide bonds. The summed E-state index contributed by atoms with van der Waals surface area (Å²) in [5.41, 5.74) is 15.3. The number of carbonyl (C=O) groups is 1. The van der Waals surface area contributed by atoms with Gasteiger partial charge in [-0.25, -0.2) is 20.0 Å². The molecule has 0 bridgehead atoms. The number of benzene rings is 1. The van der Waals surface area contributed by atoms with Gasteiger partial charge in [-0.3, -0.25) is 9.63 Å². The van der Waals surface area contributed by atoms with Crippen LogP contribution in [0.25, 0.3) is 17.2 Å². The van der Waals surface area contributed by atoms with E-state index in [2.05, 4.69) is 15.0 Å². The van der Waals surface area contributed by atoms with E-state index >= 15 is 0 Å². The number of hydrogen-bond acceptors (Lipinski definition) is 8. The Balaban J connectivity index is 1.92. The van der Waals surface area contributed by atoms with Gasteiger partial charge in [0, 0.05) is 42.1 Å². The van der Waals surface area contributed by atoms with E-state index in [1.807, 2.05) is 25.1 Å². The Bertz CT molecular complexity index is 956. The van der Waals surface area contributed by atoms with Crippen LogP contribution in [0, 0.1) is 0 Å². The lowest BCUT2D eigenvalue weighted by atomic mass is 10.0. The summed E-state index contributed by atoms with van der Waals surface area (Å²) in [4.78, 5) is 31.3. The normalized spacial score (nSPS) is 13.2. The molecule has 5 N–H and O–H groups in total. The van der Waals surface area contributed by atoms with Crippen molar-refractivity contribution in [3.63, 3.8) is 0 Å². The van der Waals surface area contributed by atoms with Gasteiger partial charge in [0.2, 0.25) is 0 Å². The maximum Gasteiger partial charge on any atom is 0.273 e. The quantitative estimate of drug-likeness (QED) is 0.561. The summed E-state index contributed by atoms with van der Waals surface area (Å²) >= 11 is 0. The number of rotatable bonds is 8. The van der Waals surface area contributed by atoms with Gasteiger partial charge in [0.05, 0.1) is 25.4 Å². The number of aliphatic hydroxyl groups excluding tert-OH is 1. The predicted octanol–water partition coefficient (Wildman–Crippen LogP) is 1.54. The number of hydrogen-bond donors (Lipinski definition) is 3. The lowest BCUT2D eigenvalue weighted by molar-refractivity contribution is -0.185. The molecule has 2 heterocycles. The monoisotopic (exact) mass is 410 g/mol. The Morgan fingerprint density at radius 1 is 1.27 bits per heavy atom. The van der Waals surface area contributed by atoms with Crippen LogP contribution in [0.4, 0.5) is 5.69 Å². The Labute approximate surface area is 175 Å². The van der Waals surface area contributed by atoms with E-state index in [4.69, 9.17) is 21.4 Å². The summed E-state index contributed by atoms with van der Waals surface area (Å²) < 4.78 is 0. The molecule has 1 aliphatic heterocycles. The molecule has 0 saturated heterocycles. The first-order valence-corrected chi connectivity index (χ1v) is 9.80. The summed E-state index contributed by atoms with van der Waals surface area (Å²) in [5, 5.41) is 10.3. The molecule has 3 rings (SSSR count). The summed E-state index contributed by atoms with van der Waals surface area (Å²) in [6.45, 7) is 2.52. The number of aromatic nitrogens is 2. The molecule has 1 aromatic heterocycles. The fourth-order valence-corrected chi connectivity index (χ4v) is 3.06. The number of hydroxylamine groups is 2. The van der Waals surface area contributed by atoms with Gasteiger partial charge in [-0.15, -0.1) is 0 Å². The third-order valence-corrected chi connectivity index (χ3v) is 4.48. The fourth-order valence-electron chi connectivity index (χ4n) is 3.06. The van der Waals surface area contributed by atoms with Gasteiger partial charge in [0.1, 0.15) is 11.7 Å². The molecular formula is C21H26N6O3. The number of aliphatic hydroxyl groups is 1. The molecular weight excluding hydrogens is 384 g/mol. The number of fused-ring (bicyclic) bond motifs is 1. The highest BCUT2D eigenvalue weighted by molar-refractivity contribution is 6.05. The first-order valence-electron chi connectivity index (χ1n) is 9.80. The van der Waals surface area contributed by atoms with Crippen molar-refractivity contribution in [3.05, 3.63) is 47.6 Å². The van der Waals surface area contributed by atoms with Crippen molar-refractivity contribution in [1.82, 2.24) is 15.0 Å². The van der Waals surface area contributed by atoms with Crippen LogP contribution in [0.2, 0.25) is 0 Å². The number of amides is 1. The van der Waals surface area contributed by atoms with Crippen LogP contribution in [0.3, 0.4) is 0 Å². The molecule has 0 spiro atoms. The molecule has 0 unspecified atom stereocenters. The van der Waals surface area contributed by atoms with Crippen LogP contribution in [-0.2, 0) is 16.2 Å². The van der Waals surface area contributed by atoms with Crippen LogP contribution in [0.5, 0.6) is 0 Å². The fraction of sp³-hybridized carbons (Fsp3) is 0.333. The van der Waals surface area contributed by atoms with Gasteiger partial charge in [-0.2, -0.15) is 0 Å². The molecule has 0 radical (unpaired) electrons. The molecule has 9 heteroatoms. The summed E-state index contributed by atoms with van der Waals surface area (Å²) in [6.07, 6.45) is 6.14. The van der Waals surface area contributed by atoms with Crippen molar-refractivity contribution in [2.45, 2.75) is 26.3 Å². The van der Waals surface area contributed by atoms with Crippen LogP contribution in [0.15, 0.2) is 41.2 Å². The van der Waals surface area contributed by atoms with Crippen molar-refractivity contribution >= 4 is 23.5 Å². The zero-order valence-electron chi connectivity index (χ0n) is 16.9. The Kier molecular flexibility index (Phi) is 7.23. The second-order valence-electron chi connectivity index (χ2n) is 6.78. The van der Waals surface area contributed by atoms with Gasteiger partial charge >= 0.3 is 0 Å². The van der Waals surface area contributed by atoms with E-state index in [1.54, 1.807) is 18.5 Å². The maximum atomic E-state index is 13.0. The van der Waals surface area contributed by atoms with E-state index in [0.717, 1.165) is 23.1 Å². The molecule has 1 aliphatic rings. The first-order chi connectivity index (χ1) is 14.5. The van der Waals surface area contributed by atoms with Crippen molar-refractivity contribution in [2.75, 3.05) is 19.8 Å². The van der Waals surface area contributed by atoms with Crippen LogP contribution in [0.1, 0.15) is 31.2 Å². The third-order valence-electron chi connectivity index (χ3n) is 4.48. The first kappa shape index (κ1) is 21.6. The Morgan fingerprint density at radius 3 is 2.70 bits per heavy atom. The van der Waals surface area contributed by atoms with Gasteiger partial charge in [-0.05, 0) is 24.1 Å². The number of carbonyl (C=O) groups excluding carboxylic acids is 1. The Hall–Kier alpha value is -3.14. The minimum Gasteiger partial charge on any atom is -0.394 e. The van der Waals surface area contributed by atoms with Crippen molar-refractivity contribution in [3.8, 4) is 11.1 Å². The molecule has 30 heavy (non-hydrogen) atoms. The van der Waals surface area contributed by atoms with E-state index in [1.165, 1.54) is 5.06 Å².